The van der Waals surface area contributed by atoms with Gasteiger partial charge in [-0.2, -0.15) is 0 Å². The van der Waals surface area contributed by atoms with Crippen LogP contribution < -0.4 is 5.73 Å². The summed E-state index contributed by atoms with van der Waals surface area (Å²) in [5, 5.41) is 8.93. The van der Waals surface area contributed by atoms with E-state index in [4.69, 9.17) is 21.8 Å². The van der Waals surface area contributed by atoms with Crippen LogP contribution in [0.5, 0.6) is 0 Å². The highest BCUT2D eigenvalue weighted by Crippen LogP contribution is 2.30. The van der Waals surface area contributed by atoms with E-state index in [1.54, 1.807) is 6.92 Å². The van der Waals surface area contributed by atoms with Gasteiger partial charge in [0.1, 0.15) is 0 Å². The van der Waals surface area contributed by atoms with Gasteiger partial charge in [0.2, 0.25) is 5.89 Å². The molecule has 0 radical (unpaired) electrons. The number of halogens is 1. The highest BCUT2D eigenvalue weighted by molar-refractivity contribution is 7.99. The SMILES string of the molecule is Cc1nnc(Sc2ccc(CC(C)N)c(Cl)c2)o1. The van der Waals surface area contributed by atoms with Gasteiger partial charge in [0.25, 0.3) is 5.22 Å². The number of benzene rings is 1. The predicted molar refractivity (Wildman–Crippen MR) is 72.0 cm³/mol. The van der Waals surface area contributed by atoms with Crippen LogP contribution in [0.4, 0.5) is 0 Å². The predicted octanol–water partition coefficient (Wildman–Crippen LogP) is 3.07. The minimum atomic E-state index is 0.0968. The van der Waals surface area contributed by atoms with Gasteiger partial charge < -0.3 is 10.2 Å². The van der Waals surface area contributed by atoms with Gasteiger partial charge in [0.15, 0.2) is 0 Å². The Labute approximate surface area is 115 Å². The summed E-state index contributed by atoms with van der Waals surface area (Å²) in [5.41, 5.74) is 6.81. The summed E-state index contributed by atoms with van der Waals surface area (Å²) in [7, 11) is 0. The molecule has 4 nitrogen and oxygen atoms in total. The monoisotopic (exact) mass is 283 g/mol. The smallest absolute Gasteiger partial charge is 0.281 e. The highest BCUT2D eigenvalue weighted by atomic mass is 35.5. The lowest BCUT2D eigenvalue weighted by atomic mass is 10.1. The van der Waals surface area contributed by atoms with Crippen LogP contribution in [-0.2, 0) is 6.42 Å². The van der Waals surface area contributed by atoms with E-state index >= 15 is 0 Å². The summed E-state index contributed by atoms with van der Waals surface area (Å²) in [6.07, 6.45) is 0.767. The summed E-state index contributed by atoms with van der Waals surface area (Å²) in [5.74, 6) is 0.553. The van der Waals surface area contributed by atoms with Crippen LogP contribution in [0.1, 0.15) is 18.4 Å². The van der Waals surface area contributed by atoms with Crippen LogP contribution >= 0.6 is 23.4 Å². The van der Waals surface area contributed by atoms with E-state index in [-0.39, 0.29) is 6.04 Å². The minimum absolute atomic E-state index is 0.0968. The normalized spacial score (nSPS) is 12.7. The zero-order valence-electron chi connectivity index (χ0n) is 10.2. The lowest BCUT2D eigenvalue weighted by Gasteiger charge is -2.08. The molecule has 6 heteroatoms. The van der Waals surface area contributed by atoms with Crippen molar-refractivity contribution in [3.63, 3.8) is 0 Å². The van der Waals surface area contributed by atoms with Crippen LogP contribution in [-0.4, -0.2) is 16.2 Å². The van der Waals surface area contributed by atoms with E-state index in [0.717, 1.165) is 16.9 Å². The third-order valence-corrected chi connectivity index (χ3v) is 3.46. The van der Waals surface area contributed by atoms with E-state index < -0.39 is 0 Å². The molecular formula is C12H14ClN3OS. The maximum absolute atomic E-state index is 6.21. The maximum atomic E-state index is 6.21. The molecule has 0 saturated carbocycles. The Hall–Kier alpha value is -1.04. The Morgan fingerprint density at radius 1 is 1.44 bits per heavy atom. The molecule has 18 heavy (non-hydrogen) atoms. The van der Waals surface area contributed by atoms with Crippen molar-refractivity contribution in [1.82, 2.24) is 10.2 Å². The van der Waals surface area contributed by atoms with E-state index in [0.29, 0.717) is 16.1 Å². The molecule has 0 fully saturated rings. The van der Waals surface area contributed by atoms with E-state index in [2.05, 4.69) is 10.2 Å². The lowest BCUT2D eigenvalue weighted by Crippen LogP contribution is -2.17. The quantitative estimate of drug-likeness (QED) is 0.934. The molecule has 0 aliphatic heterocycles. The van der Waals surface area contributed by atoms with E-state index in [9.17, 15) is 0 Å². The van der Waals surface area contributed by atoms with Crippen molar-refractivity contribution in [2.24, 2.45) is 5.73 Å². The summed E-state index contributed by atoms with van der Waals surface area (Å²) < 4.78 is 5.30. The fraction of sp³-hybridized carbons (Fsp3) is 0.333. The van der Waals surface area contributed by atoms with Gasteiger partial charge in [0, 0.05) is 22.9 Å². The molecule has 2 aromatic rings. The zero-order valence-corrected chi connectivity index (χ0v) is 11.8. The summed E-state index contributed by atoms with van der Waals surface area (Å²) in [4.78, 5) is 0.970. The van der Waals surface area contributed by atoms with Gasteiger partial charge in [-0.25, -0.2) is 0 Å². The number of hydrogen-bond acceptors (Lipinski definition) is 5. The average molecular weight is 284 g/mol. The third kappa shape index (κ3) is 3.48. The number of nitrogens with zero attached hydrogens (tertiary/aromatic N) is 2. The second-order valence-electron chi connectivity index (χ2n) is 4.12. The second kappa shape index (κ2) is 5.73. The molecule has 0 bridgehead atoms. The first-order valence-corrected chi connectivity index (χ1v) is 6.76. The van der Waals surface area contributed by atoms with Crippen molar-refractivity contribution < 1.29 is 4.42 Å². The van der Waals surface area contributed by atoms with Gasteiger partial charge in [-0.05, 0) is 42.8 Å². The van der Waals surface area contributed by atoms with Gasteiger partial charge in [-0.1, -0.05) is 17.7 Å². The van der Waals surface area contributed by atoms with Gasteiger partial charge in [0.05, 0.1) is 0 Å². The summed E-state index contributed by atoms with van der Waals surface area (Å²) >= 11 is 7.60. The second-order valence-corrected chi connectivity index (χ2v) is 5.56. The summed E-state index contributed by atoms with van der Waals surface area (Å²) in [6.45, 7) is 3.72. The first-order valence-electron chi connectivity index (χ1n) is 5.56. The summed E-state index contributed by atoms with van der Waals surface area (Å²) in [6, 6.07) is 5.95. The first kappa shape index (κ1) is 13.4. The molecule has 2 rings (SSSR count). The van der Waals surface area contributed by atoms with Crippen LogP contribution in [0, 0.1) is 6.92 Å². The molecule has 1 aromatic heterocycles. The Balaban J connectivity index is 2.13. The number of aryl methyl sites for hydroxylation is 1. The molecule has 1 aromatic carbocycles. The van der Waals surface area contributed by atoms with Crippen LogP contribution in [0.25, 0.3) is 0 Å². The molecule has 0 spiro atoms. The van der Waals surface area contributed by atoms with Crippen molar-refractivity contribution in [3.05, 3.63) is 34.7 Å². The average Bonchev–Trinajstić information content (AvgIpc) is 2.68. The van der Waals surface area contributed by atoms with Crippen LogP contribution in [0.2, 0.25) is 5.02 Å². The van der Waals surface area contributed by atoms with E-state index in [1.807, 2.05) is 25.1 Å². The fourth-order valence-corrected chi connectivity index (χ4v) is 2.61. The van der Waals surface area contributed by atoms with Crippen molar-refractivity contribution in [3.8, 4) is 0 Å². The number of rotatable bonds is 4. The number of aromatic nitrogens is 2. The molecule has 0 amide bonds. The molecular weight excluding hydrogens is 270 g/mol. The zero-order chi connectivity index (χ0) is 13.1. The lowest BCUT2D eigenvalue weighted by molar-refractivity contribution is 0.429. The molecule has 0 aliphatic carbocycles. The van der Waals surface area contributed by atoms with Crippen molar-refractivity contribution in [2.45, 2.75) is 36.4 Å². The van der Waals surface area contributed by atoms with E-state index in [1.165, 1.54) is 11.8 Å². The van der Waals surface area contributed by atoms with Crippen molar-refractivity contribution >= 4 is 23.4 Å². The molecule has 0 saturated heterocycles. The van der Waals surface area contributed by atoms with Crippen LogP contribution in [0.3, 0.4) is 0 Å². The van der Waals surface area contributed by atoms with Gasteiger partial charge in [-0.3, -0.25) is 0 Å². The molecule has 1 heterocycles. The first-order chi connectivity index (χ1) is 8.54. The standard InChI is InChI=1S/C12H14ClN3OS/c1-7(14)5-9-3-4-10(6-11(9)13)18-12-16-15-8(2)17-12/h3-4,6-7H,5,14H2,1-2H3. The fourth-order valence-electron chi connectivity index (χ4n) is 1.52. The Morgan fingerprint density at radius 2 is 2.22 bits per heavy atom. The Morgan fingerprint density at radius 3 is 2.78 bits per heavy atom. The molecule has 2 N–H and O–H groups in total. The topological polar surface area (TPSA) is 64.9 Å². The Bertz CT molecular complexity index is 542. The van der Waals surface area contributed by atoms with Crippen molar-refractivity contribution in [1.29, 1.82) is 0 Å². The van der Waals surface area contributed by atoms with Gasteiger partial charge >= 0.3 is 0 Å². The number of hydrogen-bond donors (Lipinski definition) is 1. The molecule has 0 aliphatic rings. The Kier molecular flexibility index (Phi) is 4.27. The molecule has 1 atom stereocenters. The number of nitrogens with two attached hydrogens (primary N) is 1. The third-order valence-electron chi connectivity index (χ3n) is 2.28. The largest absolute Gasteiger partial charge is 0.416 e. The minimum Gasteiger partial charge on any atom is -0.416 e. The van der Waals surface area contributed by atoms with Crippen LogP contribution in [0.15, 0.2) is 32.7 Å². The maximum Gasteiger partial charge on any atom is 0.281 e. The molecule has 96 valence electrons. The van der Waals surface area contributed by atoms with Gasteiger partial charge in [-0.15, -0.1) is 10.2 Å². The molecule has 1 unspecified atom stereocenters. The highest BCUT2D eigenvalue weighted by Gasteiger charge is 2.08. The van der Waals surface area contributed by atoms with Crippen molar-refractivity contribution in [2.75, 3.05) is 0 Å².